The number of halogens is 2. The first-order chi connectivity index (χ1) is 7.25. The van der Waals surface area contributed by atoms with Gasteiger partial charge in [-0.1, -0.05) is 0 Å². The molecular formula is C9H10ClFN2OS. The second-order valence-electron chi connectivity index (χ2n) is 3.24. The van der Waals surface area contributed by atoms with Gasteiger partial charge in [0.05, 0.1) is 12.3 Å². The van der Waals surface area contributed by atoms with Gasteiger partial charge in [-0.3, -0.25) is 0 Å². The molecule has 0 saturated carbocycles. The van der Waals surface area contributed by atoms with Crippen molar-refractivity contribution >= 4 is 23.4 Å². The summed E-state index contributed by atoms with van der Waals surface area (Å²) in [5, 5.41) is 0.372. The summed E-state index contributed by atoms with van der Waals surface area (Å²) in [6.07, 6.45) is 3.42. The zero-order valence-corrected chi connectivity index (χ0v) is 9.52. The molecule has 3 nitrogen and oxygen atoms in total. The summed E-state index contributed by atoms with van der Waals surface area (Å²) < 4.78 is 18.6. The summed E-state index contributed by atoms with van der Waals surface area (Å²) in [6, 6.07) is 0. The normalized spacial score (nSPS) is 20.8. The maximum atomic E-state index is 13.2. The van der Waals surface area contributed by atoms with E-state index in [0.29, 0.717) is 10.8 Å². The summed E-state index contributed by atoms with van der Waals surface area (Å²) in [7, 11) is 0. The van der Waals surface area contributed by atoms with E-state index in [1.165, 1.54) is 11.8 Å². The van der Waals surface area contributed by atoms with Crippen LogP contribution in [0.3, 0.4) is 0 Å². The third kappa shape index (κ3) is 3.03. The minimum Gasteiger partial charge on any atom is -0.377 e. The number of aromatic nitrogens is 2. The first-order valence-corrected chi connectivity index (χ1v) is 6.04. The average Bonchev–Trinajstić information content (AvgIpc) is 2.72. The molecule has 2 heterocycles. The Balaban J connectivity index is 1.94. The largest absolute Gasteiger partial charge is 0.377 e. The summed E-state index contributed by atoms with van der Waals surface area (Å²) in [5.41, 5.74) is 0. The quantitative estimate of drug-likeness (QED) is 0.468. The molecule has 0 bridgehead atoms. The van der Waals surface area contributed by atoms with E-state index in [9.17, 15) is 4.39 Å². The van der Waals surface area contributed by atoms with Gasteiger partial charge in [-0.15, -0.1) is 11.8 Å². The molecule has 1 unspecified atom stereocenters. The van der Waals surface area contributed by atoms with Crippen LogP contribution in [0.25, 0.3) is 0 Å². The number of rotatable bonds is 3. The Morgan fingerprint density at radius 2 is 2.53 bits per heavy atom. The summed E-state index contributed by atoms with van der Waals surface area (Å²) >= 11 is 6.90. The maximum absolute atomic E-state index is 13.2. The fourth-order valence-corrected chi connectivity index (χ4v) is 2.51. The van der Waals surface area contributed by atoms with Crippen LogP contribution < -0.4 is 0 Å². The molecule has 1 aliphatic rings. The topological polar surface area (TPSA) is 35.0 Å². The second-order valence-corrected chi connectivity index (χ2v) is 4.58. The van der Waals surface area contributed by atoms with Gasteiger partial charge in [0.2, 0.25) is 5.28 Å². The smallest absolute Gasteiger partial charge is 0.223 e. The molecule has 15 heavy (non-hydrogen) atoms. The van der Waals surface area contributed by atoms with Crippen molar-refractivity contribution in [2.24, 2.45) is 0 Å². The predicted octanol–water partition coefficient (Wildman–Crippen LogP) is 2.54. The van der Waals surface area contributed by atoms with Crippen molar-refractivity contribution in [3.63, 3.8) is 0 Å². The number of thioether (sulfide) groups is 1. The standard InChI is InChI=1S/C9H10ClFN2OS/c10-9-12-4-7(11)8(13-9)15-5-6-2-1-3-14-6/h4,6H,1-3,5H2. The highest BCUT2D eigenvalue weighted by Crippen LogP contribution is 2.24. The van der Waals surface area contributed by atoms with Gasteiger partial charge in [-0.05, 0) is 24.4 Å². The van der Waals surface area contributed by atoms with Gasteiger partial charge in [0.25, 0.3) is 0 Å². The van der Waals surface area contributed by atoms with Gasteiger partial charge in [0.1, 0.15) is 5.03 Å². The second kappa shape index (κ2) is 5.09. The summed E-state index contributed by atoms with van der Waals surface area (Å²) in [5.74, 6) is 0.284. The molecular weight excluding hydrogens is 239 g/mol. The van der Waals surface area contributed by atoms with Crippen LogP contribution in [-0.2, 0) is 4.74 Å². The molecule has 0 spiro atoms. The van der Waals surface area contributed by atoms with Crippen LogP contribution in [-0.4, -0.2) is 28.4 Å². The molecule has 82 valence electrons. The van der Waals surface area contributed by atoms with Crippen LogP contribution in [0.15, 0.2) is 11.2 Å². The Morgan fingerprint density at radius 3 is 3.27 bits per heavy atom. The lowest BCUT2D eigenvalue weighted by molar-refractivity contribution is 0.129. The molecule has 0 amide bonds. The molecule has 0 aromatic carbocycles. The third-order valence-electron chi connectivity index (χ3n) is 2.11. The van der Waals surface area contributed by atoms with Crippen molar-refractivity contribution < 1.29 is 9.13 Å². The van der Waals surface area contributed by atoms with Crippen molar-refractivity contribution in [1.82, 2.24) is 9.97 Å². The fourth-order valence-electron chi connectivity index (χ4n) is 1.38. The van der Waals surface area contributed by atoms with Crippen LogP contribution in [0.1, 0.15) is 12.8 Å². The van der Waals surface area contributed by atoms with E-state index in [4.69, 9.17) is 16.3 Å². The van der Waals surface area contributed by atoms with E-state index in [2.05, 4.69) is 9.97 Å². The van der Waals surface area contributed by atoms with Gasteiger partial charge >= 0.3 is 0 Å². The molecule has 1 fully saturated rings. The van der Waals surface area contributed by atoms with E-state index in [0.717, 1.165) is 25.6 Å². The number of nitrogens with zero attached hydrogens (tertiary/aromatic N) is 2. The number of hydrogen-bond acceptors (Lipinski definition) is 4. The highest BCUT2D eigenvalue weighted by molar-refractivity contribution is 7.99. The summed E-state index contributed by atoms with van der Waals surface area (Å²) in [6.45, 7) is 0.804. The van der Waals surface area contributed by atoms with Gasteiger partial charge < -0.3 is 4.74 Å². The fraction of sp³-hybridized carbons (Fsp3) is 0.556. The Bertz CT molecular complexity index is 347. The van der Waals surface area contributed by atoms with Crippen LogP contribution in [0, 0.1) is 5.82 Å². The van der Waals surface area contributed by atoms with Crippen LogP contribution in [0.2, 0.25) is 5.28 Å². The maximum Gasteiger partial charge on any atom is 0.223 e. The van der Waals surface area contributed by atoms with Gasteiger partial charge in [-0.25, -0.2) is 14.4 Å². The highest BCUT2D eigenvalue weighted by atomic mass is 35.5. The van der Waals surface area contributed by atoms with Gasteiger partial charge in [0, 0.05) is 12.4 Å². The molecule has 2 rings (SSSR count). The Hall–Kier alpha value is -0.390. The van der Waals surface area contributed by atoms with E-state index in [1.54, 1.807) is 0 Å². The van der Waals surface area contributed by atoms with Crippen molar-refractivity contribution in [2.45, 2.75) is 24.0 Å². The zero-order valence-electron chi connectivity index (χ0n) is 7.95. The molecule has 1 aliphatic heterocycles. The van der Waals surface area contributed by atoms with E-state index in [-0.39, 0.29) is 11.4 Å². The van der Waals surface area contributed by atoms with Gasteiger partial charge in [0.15, 0.2) is 5.82 Å². The SMILES string of the molecule is Fc1cnc(Cl)nc1SCC1CCCO1. The van der Waals surface area contributed by atoms with Crippen molar-refractivity contribution in [3.05, 3.63) is 17.3 Å². The number of hydrogen-bond donors (Lipinski definition) is 0. The lowest BCUT2D eigenvalue weighted by atomic mass is 10.3. The van der Waals surface area contributed by atoms with Crippen LogP contribution in [0.4, 0.5) is 4.39 Å². The van der Waals surface area contributed by atoms with Crippen LogP contribution in [0.5, 0.6) is 0 Å². The molecule has 6 heteroatoms. The highest BCUT2D eigenvalue weighted by Gasteiger charge is 2.17. The van der Waals surface area contributed by atoms with Crippen molar-refractivity contribution in [2.75, 3.05) is 12.4 Å². The first kappa shape index (κ1) is 11.1. The third-order valence-corrected chi connectivity index (χ3v) is 3.39. The zero-order chi connectivity index (χ0) is 10.7. The lowest BCUT2D eigenvalue weighted by Gasteiger charge is -2.08. The van der Waals surface area contributed by atoms with E-state index < -0.39 is 5.82 Å². The summed E-state index contributed by atoms with van der Waals surface area (Å²) in [4.78, 5) is 7.37. The minimum atomic E-state index is -0.428. The minimum absolute atomic E-state index is 0.0752. The van der Waals surface area contributed by atoms with E-state index >= 15 is 0 Å². The molecule has 1 aromatic rings. The van der Waals surface area contributed by atoms with Gasteiger partial charge in [-0.2, -0.15) is 0 Å². The monoisotopic (exact) mass is 248 g/mol. The number of ether oxygens (including phenoxy) is 1. The Morgan fingerprint density at radius 1 is 1.67 bits per heavy atom. The first-order valence-electron chi connectivity index (χ1n) is 4.68. The average molecular weight is 249 g/mol. The molecule has 0 radical (unpaired) electrons. The molecule has 0 N–H and O–H groups in total. The lowest BCUT2D eigenvalue weighted by Crippen LogP contribution is -2.08. The molecule has 1 atom stereocenters. The van der Waals surface area contributed by atoms with Crippen LogP contribution >= 0.6 is 23.4 Å². The molecule has 1 saturated heterocycles. The van der Waals surface area contributed by atoms with E-state index in [1.807, 2.05) is 0 Å². The molecule has 1 aromatic heterocycles. The predicted molar refractivity (Wildman–Crippen MR) is 56.7 cm³/mol. The van der Waals surface area contributed by atoms with Crippen molar-refractivity contribution in [3.8, 4) is 0 Å². The molecule has 0 aliphatic carbocycles. The Labute approximate surface area is 96.4 Å². The van der Waals surface area contributed by atoms with Crippen molar-refractivity contribution in [1.29, 1.82) is 0 Å². The Kier molecular flexibility index (Phi) is 3.77.